The van der Waals surface area contributed by atoms with Crippen LogP contribution < -0.4 is 15.0 Å². The first kappa shape index (κ1) is 19.5. The Kier molecular flexibility index (Phi) is 5.12. The van der Waals surface area contributed by atoms with Crippen LogP contribution in [0.5, 0.6) is 5.75 Å². The SMILES string of the molecule is COc1ccc(N2C(=O)NC(=O)/C(=C/c3ccc(-c4ccc(Cl)cc4)o3)C2=O)cc1. The maximum absolute atomic E-state index is 12.9. The predicted octanol–water partition coefficient (Wildman–Crippen LogP) is 4.28. The molecule has 0 unspecified atom stereocenters. The number of anilines is 1. The number of urea groups is 1. The van der Waals surface area contributed by atoms with E-state index in [1.54, 1.807) is 60.7 Å². The number of halogens is 1. The van der Waals surface area contributed by atoms with Crippen molar-refractivity contribution >= 4 is 41.2 Å². The number of hydrogen-bond acceptors (Lipinski definition) is 5. The summed E-state index contributed by atoms with van der Waals surface area (Å²) in [7, 11) is 1.51. The van der Waals surface area contributed by atoms with Gasteiger partial charge in [-0.25, -0.2) is 9.69 Å². The molecule has 0 bridgehead atoms. The standard InChI is InChI=1S/C22H15ClN2O5/c1-29-16-8-6-15(7-9-16)25-21(27)18(20(26)24-22(25)28)12-17-10-11-19(30-17)13-2-4-14(23)5-3-13/h2-12H,1H3,(H,24,26,28)/b18-12-. The van der Waals surface area contributed by atoms with Gasteiger partial charge in [-0.3, -0.25) is 14.9 Å². The maximum atomic E-state index is 12.9. The Bertz CT molecular complexity index is 1160. The zero-order chi connectivity index (χ0) is 21.3. The molecular weight excluding hydrogens is 408 g/mol. The molecule has 1 aliphatic rings. The number of benzene rings is 2. The van der Waals surface area contributed by atoms with Gasteiger partial charge in [0.05, 0.1) is 12.8 Å². The largest absolute Gasteiger partial charge is 0.497 e. The number of methoxy groups -OCH3 is 1. The van der Waals surface area contributed by atoms with E-state index in [2.05, 4.69) is 5.32 Å². The molecule has 2 aromatic carbocycles. The van der Waals surface area contributed by atoms with Crippen LogP contribution in [0.4, 0.5) is 10.5 Å². The van der Waals surface area contributed by atoms with E-state index < -0.39 is 17.8 Å². The Labute approximate surface area is 176 Å². The quantitative estimate of drug-likeness (QED) is 0.501. The molecule has 0 spiro atoms. The van der Waals surface area contributed by atoms with E-state index >= 15 is 0 Å². The second-order valence-electron chi connectivity index (χ2n) is 6.36. The average molecular weight is 423 g/mol. The first-order chi connectivity index (χ1) is 14.5. The minimum absolute atomic E-state index is 0.220. The number of rotatable bonds is 4. The van der Waals surface area contributed by atoms with Gasteiger partial charge in [-0.1, -0.05) is 11.6 Å². The number of imide groups is 2. The molecule has 7 nitrogen and oxygen atoms in total. The van der Waals surface area contributed by atoms with Crippen molar-refractivity contribution in [3.05, 3.63) is 77.0 Å². The Morgan fingerprint density at radius 2 is 1.67 bits per heavy atom. The number of barbiturate groups is 1. The number of amides is 4. The highest BCUT2D eigenvalue weighted by Gasteiger charge is 2.37. The van der Waals surface area contributed by atoms with Gasteiger partial charge in [-0.2, -0.15) is 0 Å². The van der Waals surface area contributed by atoms with Gasteiger partial charge in [0.1, 0.15) is 22.8 Å². The van der Waals surface area contributed by atoms with Gasteiger partial charge in [0.2, 0.25) is 0 Å². The number of carbonyl (C=O) groups excluding carboxylic acids is 3. The van der Waals surface area contributed by atoms with Crippen LogP contribution in [-0.4, -0.2) is 25.0 Å². The first-order valence-corrected chi connectivity index (χ1v) is 9.25. The molecule has 4 amide bonds. The van der Waals surface area contributed by atoms with E-state index in [0.29, 0.717) is 28.0 Å². The van der Waals surface area contributed by atoms with Gasteiger partial charge < -0.3 is 9.15 Å². The molecule has 1 fully saturated rings. The van der Waals surface area contributed by atoms with Gasteiger partial charge in [-0.05, 0) is 66.7 Å². The second-order valence-corrected chi connectivity index (χ2v) is 6.80. The van der Waals surface area contributed by atoms with Gasteiger partial charge in [-0.15, -0.1) is 0 Å². The summed E-state index contributed by atoms with van der Waals surface area (Å²) in [6.07, 6.45) is 1.31. The summed E-state index contributed by atoms with van der Waals surface area (Å²) in [4.78, 5) is 38.3. The highest BCUT2D eigenvalue weighted by Crippen LogP contribution is 2.27. The highest BCUT2D eigenvalue weighted by atomic mass is 35.5. The average Bonchev–Trinajstić information content (AvgIpc) is 3.21. The minimum Gasteiger partial charge on any atom is -0.497 e. The molecule has 1 saturated heterocycles. The van der Waals surface area contributed by atoms with Crippen molar-refractivity contribution in [2.24, 2.45) is 0 Å². The maximum Gasteiger partial charge on any atom is 0.335 e. The number of nitrogens with one attached hydrogen (secondary N) is 1. The molecule has 1 N–H and O–H groups in total. The molecule has 8 heteroatoms. The van der Waals surface area contributed by atoms with Crippen LogP contribution in [0.15, 0.2) is 70.7 Å². The summed E-state index contributed by atoms with van der Waals surface area (Å²) in [6, 6.07) is 15.9. The monoisotopic (exact) mass is 422 g/mol. The Balaban J connectivity index is 1.65. The fourth-order valence-electron chi connectivity index (χ4n) is 2.97. The minimum atomic E-state index is -0.825. The van der Waals surface area contributed by atoms with Crippen molar-refractivity contribution in [2.75, 3.05) is 12.0 Å². The molecule has 4 rings (SSSR count). The molecule has 0 saturated carbocycles. The zero-order valence-electron chi connectivity index (χ0n) is 15.7. The third kappa shape index (κ3) is 3.70. The van der Waals surface area contributed by atoms with E-state index in [1.807, 2.05) is 0 Å². The molecule has 150 valence electrons. The fourth-order valence-corrected chi connectivity index (χ4v) is 3.09. The van der Waals surface area contributed by atoms with E-state index in [9.17, 15) is 14.4 Å². The first-order valence-electron chi connectivity index (χ1n) is 8.87. The predicted molar refractivity (Wildman–Crippen MR) is 111 cm³/mol. The van der Waals surface area contributed by atoms with Gasteiger partial charge in [0, 0.05) is 10.6 Å². The van der Waals surface area contributed by atoms with E-state index in [0.717, 1.165) is 10.5 Å². The van der Waals surface area contributed by atoms with Crippen molar-refractivity contribution in [2.45, 2.75) is 0 Å². The van der Waals surface area contributed by atoms with Gasteiger partial charge >= 0.3 is 6.03 Å². The lowest BCUT2D eigenvalue weighted by Gasteiger charge is -2.26. The number of ether oxygens (including phenoxy) is 1. The number of carbonyl (C=O) groups is 3. The van der Waals surface area contributed by atoms with Crippen LogP contribution in [-0.2, 0) is 9.59 Å². The molecule has 1 aromatic heterocycles. The number of furan rings is 1. The normalized spacial score (nSPS) is 15.5. The lowest BCUT2D eigenvalue weighted by Crippen LogP contribution is -2.54. The summed E-state index contributed by atoms with van der Waals surface area (Å²) in [5, 5.41) is 2.77. The van der Waals surface area contributed by atoms with Gasteiger partial charge in [0.15, 0.2) is 0 Å². The smallest absolute Gasteiger partial charge is 0.335 e. The highest BCUT2D eigenvalue weighted by molar-refractivity contribution is 6.39. The summed E-state index contributed by atoms with van der Waals surface area (Å²) in [5.74, 6) is -0.133. The molecule has 0 radical (unpaired) electrons. The Morgan fingerprint density at radius 3 is 2.33 bits per heavy atom. The third-order valence-electron chi connectivity index (χ3n) is 4.47. The molecule has 0 atom stereocenters. The Morgan fingerprint density at radius 1 is 0.967 bits per heavy atom. The van der Waals surface area contributed by atoms with Crippen LogP contribution in [0.2, 0.25) is 5.02 Å². The van der Waals surface area contributed by atoms with Crippen molar-refractivity contribution in [1.82, 2.24) is 5.32 Å². The number of hydrogen-bond donors (Lipinski definition) is 1. The van der Waals surface area contributed by atoms with Crippen LogP contribution in [0, 0.1) is 0 Å². The van der Waals surface area contributed by atoms with Crippen LogP contribution in [0.25, 0.3) is 17.4 Å². The Hall–Kier alpha value is -3.84. The third-order valence-corrected chi connectivity index (χ3v) is 4.73. The van der Waals surface area contributed by atoms with Crippen LogP contribution >= 0.6 is 11.6 Å². The summed E-state index contributed by atoms with van der Waals surface area (Å²) in [6.45, 7) is 0. The zero-order valence-corrected chi connectivity index (χ0v) is 16.5. The van der Waals surface area contributed by atoms with E-state index in [-0.39, 0.29) is 5.57 Å². The molecule has 2 heterocycles. The molecule has 3 aromatic rings. The fraction of sp³-hybridized carbons (Fsp3) is 0.0455. The lowest BCUT2D eigenvalue weighted by atomic mass is 10.1. The molecule has 0 aliphatic carbocycles. The summed E-state index contributed by atoms with van der Waals surface area (Å²) in [5.41, 5.74) is 0.874. The van der Waals surface area contributed by atoms with Crippen molar-refractivity contribution < 1.29 is 23.5 Å². The summed E-state index contributed by atoms with van der Waals surface area (Å²) < 4.78 is 10.8. The topological polar surface area (TPSA) is 88.8 Å². The molecule has 30 heavy (non-hydrogen) atoms. The molecule has 1 aliphatic heterocycles. The molecular formula is C22H15ClN2O5. The van der Waals surface area contributed by atoms with Gasteiger partial charge in [0.25, 0.3) is 11.8 Å². The second kappa shape index (κ2) is 7.88. The lowest BCUT2D eigenvalue weighted by molar-refractivity contribution is -0.122. The number of nitrogens with zero attached hydrogens (tertiary/aromatic N) is 1. The van der Waals surface area contributed by atoms with Crippen molar-refractivity contribution in [3.8, 4) is 17.1 Å². The van der Waals surface area contributed by atoms with Crippen molar-refractivity contribution in [1.29, 1.82) is 0 Å². The van der Waals surface area contributed by atoms with Crippen molar-refractivity contribution in [3.63, 3.8) is 0 Å². The van der Waals surface area contributed by atoms with E-state index in [4.69, 9.17) is 20.8 Å². The summed E-state index contributed by atoms with van der Waals surface area (Å²) >= 11 is 5.90. The van der Waals surface area contributed by atoms with E-state index in [1.165, 1.54) is 13.2 Å². The van der Waals surface area contributed by atoms with Crippen LogP contribution in [0.3, 0.4) is 0 Å². The van der Waals surface area contributed by atoms with Crippen LogP contribution in [0.1, 0.15) is 5.76 Å².